The standard InChI is InChI=1S/C15H20BrFN2O2.ClH/c1-18(10-15(20)21)12-4-6-19(7-5-12)9-11-2-3-13(16)14(17)8-11;/h2-3,8,12H,4-7,9-10H2,1H3,(H,20,21);1H. The fraction of sp³-hybridized carbons (Fsp3) is 0.533. The van der Waals surface area contributed by atoms with Crippen molar-refractivity contribution in [1.82, 2.24) is 9.80 Å². The molecular formula is C15H21BrClFN2O2. The number of hydrogen-bond acceptors (Lipinski definition) is 3. The molecule has 0 spiro atoms. The summed E-state index contributed by atoms with van der Waals surface area (Å²) in [5, 5.41) is 8.82. The van der Waals surface area contributed by atoms with E-state index in [9.17, 15) is 9.18 Å². The summed E-state index contributed by atoms with van der Waals surface area (Å²) in [4.78, 5) is 14.9. The predicted molar refractivity (Wildman–Crippen MR) is 89.9 cm³/mol. The van der Waals surface area contributed by atoms with Crippen molar-refractivity contribution in [2.75, 3.05) is 26.7 Å². The van der Waals surface area contributed by atoms with Gasteiger partial charge in [0.1, 0.15) is 5.82 Å². The predicted octanol–water partition coefficient (Wildman–Crippen LogP) is 2.99. The molecule has 1 saturated heterocycles. The summed E-state index contributed by atoms with van der Waals surface area (Å²) in [5.41, 5.74) is 0.966. The van der Waals surface area contributed by atoms with Gasteiger partial charge in [-0.15, -0.1) is 12.4 Å². The lowest BCUT2D eigenvalue weighted by Crippen LogP contribution is -2.44. The monoisotopic (exact) mass is 394 g/mol. The van der Waals surface area contributed by atoms with Crippen LogP contribution in [0.2, 0.25) is 0 Å². The molecule has 0 bridgehead atoms. The van der Waals surface area contributed by atoms with Crippen molar-refractivity contribution in [3.05, 3.63) is 34.1 Å². The van der Waals surface area contributed by atoms with E-state index in [-0.39, 0.29) is 24.8 Å². The van der Waals surface area contributed by atoms with Crippen molar-refractivity contribution in [3.8, 4) is 0 Å². The number of carboxylic acid groups (broad SMARTS) is 1. The summed E-state index contributed by atoms with van der Waals surface area (Å²) >= 11 is 3.16. The van der Waals surface area contributed by atoms with Gasteiger partial charge in [0.15, 0.2) is 0 Å². The first kappa shape index (κ1) is 19.4. The Labute approximate surface area is 144 Å². The second-order valence-electron chi connectivity index (χ2n) is 5.56. The number of hydrogen-bond donors (Lipinski definition) is 1. The zero-order valence-corrected chi connectivity index (χ0v) is 14.9. The van der Waals surface area contributed by atoms with E-state index >= 15 is 0 Å². The zero-order chi connectivity index (χ0) is 15.4. The number of halogens is 3. The molecule has 1 aromatic carbocycles. The molecule has 1 N–H and O–H groups in total. The lowest BCUT2D eigenvalue weighted by molar-refractivity contribution is -0.138. The van der Waals surface area contributed by atoms with Gasteiger partial charge in [0, 0.05) is 12.6 Å². The van der Waals surface area contributed by atoms with Crippen LogP contribution in [0, 0.1) is 5.82 Å². The summed E-state index contributed by atoms with van der Waals surface area (Å²) in [6.07, 6.45) is 1.89. The quantitative estimate of drug-likeness (QED) is 0.832. The Kier molecular flexibility index (Phi) is 7.76. The number of carbonyl (C=O) groups is 1. The molecule has 1 aromatic rings. The maximum atomic E-state index is 13.5. The molecule has 22 heavy (non-hydrogen) atoms. The van der Waals surface area contributed by atoms with Crippen LogP contribution in [0.3, 0.4) is 0 Å². The van der Waals surface area contributed by atoms with E-state index in [0.717, 1.165) is 38.0 Å². The van der Waals surface area contributed by atoms with E-state index < -0.39 is 5.97 Å². The minimum Gasteiger partial charge on any atom is -0.480 e. The highest BCUT2D eigenvalue weighted by atomic mass is 79.9. The number of nitrogens with zero attached hydrogens (tertiary/aromatic N) is 2. The van der Waals surface area contributed by atoms with E-state index in [4.69, 9.17) is 5.11 Å². The van der Waals surface area contributed by atoms with Gasteiger partial charge in [-0.2, -0.15) is 0 Å². The van der Waals surface area contributed by atoms with Crippen LogP contribution in [0.15, 0.2) is 22.7 Å². The minimum absolute atomic E-state index is 0. The van der Waals surface area contributed by atoms with Crippen LogP contribution in [0.1, 0.15) is 18.4 Å². The summed E-state index contributed by atoms with van der Waals surface area (Å²) in [6, 6.07) is 5.54. The number of aliphatic carboxylic acids is 1. The highest BCUT2D eigenvalue weighted by molar-refractivity contribution is 9.10. The van der Waals surface area contributed by atoms with Gasteiger partial charge >= 0.3 is 5.97 Å². The van der Waals surface area contributed by atoms with Crippen LogP contribution in [0.5, 0.6) is 0 Å². The summed E-state index contributed by atoms with van der Waals surface area (Å²) in [7, 11) is 1.86. The van der Waals surface area contributed by atoms with E-state index in [0.29, 0.717) is 10.5 Å². The van der Waals surface area contributed by atoms with Gasteiger partial charge in [-0.3, -0.25) is 14.6 Å². The largest absolute Gasteiger partial charge is 0.480 e. The molecule has 0 atom stereocenters. The van der Waals surface area contributed by atoms with Crippen molar-refractivity contribution >= 4 is 34.3 Å². The lowest BCUT2D eigenvalue weighted by atomic mass is 10.0. The molecule has 1 aliphatic heterocycles. The molecule has 0 aromatic heterocycles. The molecule has 7 heteroatoms. The van der Waals surface area contributed by atoms with Gasteiger partial charge in [0.05, 0.1) is 11.0 Å². The van der Waals surface area contributed by atoms with E-state index in [2.05, 4.69) is 20.8 Å². The van der Waals surface area contributed by atoms with Gasteiger partial charge < -0.3 is 5.11 Å². The second-order valence-corrected chi connectivity index (χ2v) is 6.42. The van der Waals surface area contributed by atoms with Crippen LogP contribution in [0.25, 0.3) is 0 Å². The van der Waals surface area contributed by atoms with Crippen molar-refractivity contribution < 1.29 is 14.3 Å². The van der Waals surface area contributed by atoms with Crippen LogP contribution in [0.4, 0.5) is 4.39 Å². The molecule has 124 valence electrons. The molecule has 1 aliphatic rings. The molecule has 0 aliphatic carbocycles. The van der Waals surface area contributed by atoms with Gasteiger partial charge in [0.2, 0.25) is 0 Å². The van der Waals surface area contributed by atoms with E-state index in [1.807, 2.05) is 18.0 Å². The third-order valence-electron chi connectivity index (χ3n) is 3.96. The Morgan fingerprint density at radius 2 is 2.09 bits per heavy atom. The van der Waals surface area contributed by atoms with Gasteiger partial charge in [0.25, 0.3) is 0 Å². The Hall–Kier alpha value is -0.690. The van der Waals surface area contributed by atoms with Crippen LogP contribution >= 0.6 is 28.3 Å². The Balaban J connectivity index is 0.00000242. The fourth-order valence-corrected chi connectivity index (χ4v) is 3.00. The SMILES string of the molecule is CN(CC(=O)O)C1CCN(Cc2ccc(Br)c(F)c2)CC1.Cl. The number of likely N-dealkylation sites (tertiary alicyclic amines) is 1. The molecular weight excluding hydrogens is 375 g/mol. The van der Waals surface area contributed by atoms with Crippen molar-refractivity contribution in [3.63, 3.8) is 0 Å². The molecule has 1 heterocycles. The van der Waals surface area contributed by atoms with Gasteiger partial charge in [-0.05, 0) is 66.6 Å². The van der Waals surface area contributed by atoms with E-state index in [1.54, 1.807) is 12.1 Å². The maximum Gasteiger partial charge on any atom is 0.317 e. The Morgan fingerprint density at radius 1 is 1.45 bits per heavy atom. The third-order valence-corrected chi connectivity index (χ3v) is 4.60. The smallest absolute Gasteiger partial charge is 0.317 e. The molecule has 0 amide bonds. The number of benzene rings is 1. The molecule has 2 rings (SSSR count). The topological polar surface area (TPSA) is 43.8 Å². The normalized spacial score (nSPS) is 16.5. The first-order valence-electron chi connectivity index (χ1n) is 7.04. The summed E-state index contributed by atoms with van der Waals surface area (Å²) in [5.74, 6) is -1.02. The van der Waals surface area contributed by atoms with E-state index in [1.165, 1.54) is 0 Å². The average Bonchev–Trinajstić information content (AvgIpc) is 2.43. The van der Waals surface area contributed by atoms with Crippen LogP contribution in [-0.4, -0.2) is 53.6 Å². The van der Waals surface area contributed by atoms with Crippen LogP contribution < -0.4 is 0 Å². The third kappa shape index (κ3) is 5.50. The Bertz CT molecular complexity index is 510. The van der Waals surface area contributed by atoms with Gasteiger partial charge in [-0.1, -0.05) is 6.07 Å². The summed E-state index contributed by atoms with van der Waals surface area (Å²) in [6.45, 7) is 2.64. The molecule has 0 unspecified atom stereocenters. The van der Waals surface area contributed by atoms with Crippen molar-refractivity contribution in [2.24, 2.45) is 0 Å². The van der Waals surface area contributed by atoms with Crippen molar-refractivity contribution in [1.29, 1.82) is 0 Å². The van der Waals surface area contributed by atoms with Crippen LogP contribution in [-0.2, 0) is 11.3 Å². The number of piperidine rings is 1. The first-order chi connectivity index (χ1) is 9.95. The fourth-order valence-electron chi connectivity index (χ4n) is 2.76. The minimum atomic E-state index is -0.787. The van der Waals surface area contributed by atoms with Crippen molar-refractivity contribution in [2.45, 2.75) is 25.4 Å². The average molecular weight is 396 g/mol. The zero-order valence-electron chi connectivity index (χ0n) is 12.5. The van der Waals surface area contributed by atoms with Gasteiger partial charge in [-0.25, -0.2) is 4.39 Å². The number of likely N-dealkylation sites (N-methyl/N-ethyl adjacent to an activating group) is 1. The molecule has 4 nitrogen and oxygen atoms in total. The number of rotatable bonds is 5. The molecule has 0 saturated carbocycles. The number of carboxylic acids is 1. The lowest BCUT2D eigenvalue weighted by Gasteiger charge is -2.36. The second kappa shape index (κ2) is 8.82. The highest BCUT2D eigenvalue weighted by Gasteiger charge is 2.23. The first-order valence-corrected chi connectivity index (χ1v) is 7.83. The maximum absolute atomic E-state index is 13.5. The highest BCUT2D eigenvalue weighted by Crippen LogP contribution is 2.20. The molecule has 1 fully saturated rings. The Morgan fingerprint density at radius 3 is 2.64 bits per heavy atom. The molecule has 0 radical (unpaired) electrons. The summed E-state index contributed by atoms with van der Waals surface area (Å²) < 4.78 is 14.0.